The second-order valence-electron chi connectivity index (χ2n) is 11.0. The monoisotopic (exact) mass is 645 g/mol. The first-order valence-electron chi connectivity index (χ1n) is 14.9. The van der Waals surface area contributed by atoms with E-state index < -0.39 is 17.7 Å². The Bertz CT molecular complexity index is 1760. The lowest BCUT2D eigenvalue weighted by Crippen LogP contribution is -2.29. The van der Waals surface area contributed by atoms with Crippen LogP contribution in [0.25, 0.3) is 5.76 Å². The number of rotatable bonds is 11. The number of halogens is 1. The van der Waals surface area contributed by atoms with Crippen molar-refractivity contribution in [1.29, 1.82) is 0 Å². The molecule has 3 heterocycles. The molecular weight excluding hydrogens is 614 g/mol. The molecule has 0 saturated carbocycles. The Morgan fingerprint density at radius 2 is 1.93 bits per heavy atom. The molecule has 2 atom stereocenters. The van der Waals surface area contributed by atoms with Gasteiger partial charge in [0.05, 0.1) is 18.2 Å². The molecule has 1 saturated heterocycles. The highest BCUT2D eigenvalue weighted by atomic mass is 32.2. The zero-order chi connectivity index (χ0) is 31.5. The molecule has 2 aliphatic rings. The van der Waals surface area contributed by atoms with Crippen LogP contribution in [0.3, 0.4) is 0 Å². The maximum absolute atomic E-state index is 13.7. The average Bonchev–Trinajstić information content (AvgIpc) is 3.73. The van der Waals surface area contributed by atoms with Crippen LogP contribution in [0.15, 0.2) is 76.6 Å². The number of aromatic nitrogens is 2. The minimum Gasteiger partial charge on any atom is -0.507 e. The van der Waals surface area contributed by atoms with Gasteiger partial charge in [0, 0.05) is 17.7 Å². The van der Waals surface area contributed by atoms with Gasteiger partial charge in [-0.1, -0.05) is 67.1 Å². The van der Waals surface area contributed by atoms with Gasteiger partial charge in [0.25, 0.3) is 5.78 Å². The number of nitrogens with zero attached hydrogens (tertiary/aromatic N) is 3. The van der Waals surface area contributed by atoms with E-state index in [1.165, 1.54) is 40.1 Å². The van der Waals surface area contributed by atoms with Crippen LogP contribution in [0.4, 0.5) is 9.52 Å². The Balaban J connectivity index is 1.37. The van der Waals surface area contributed by atoms with E-state index in [1.807, 2.05) is 19.1 Å². The lowest BCUT2D eigenvalue weighted by molar-refractivity contribution is -0.132. The van der Waals surface area contributed by atoms with Gasteiger partial charge in [0.15, 0.2) is 4.34 Å². The summed E-state index contributed by atoms with van der Waals surface area (Å²) in [5.41, 5.74) is 2.81. The molecule has 0 unspecified atom stereocenters. The van der Waals surface area contributed by atoms with Crippen molar-refractivity contribution in [2.45, 2.75) is 61.8 Å². The highest BCUT2D eigenvalue weighted by Gasteiger charge is 2.48. The number of hydrogen-bond donors (Lipinski definition) is 1. The third kappa shape index (κ3) is 6.60. The first kappa shape index (κ1) is 30.8. The van der Waals surface area contributed by atoms with Crippen molar-refractivity contribution in [3.05, 3.63) is 100 Å². The SMILES string of the molecule is CCCCCOc1cccc([C@H]2/C(=C(\O)c3ccc4c(c3)C[C@H](C)O4)C(=O)C(=O)N2c2nnc(SCc3ccc(F)cc3)s2)c1. The molecule has 6 rings (SSSR count). The standard InChI is InChI=1S/C34H32FN3O5S2/c1-3-4-5-15-42-26-8-6-7-22(18-26)29-28(30(39)23-11-14-27-24(17-23)16-20(2)43-27)31(40)32(41)38(29)33-36-37-34(45-33)44-19-21-9-12-25(35)13-10-21/h6-14,17-18,20,29,39H,3-5,15-16,19H2,1-2H3/b30-28+/t20-,29-/m0/s1. The van der Waals surface area contributed by atoms with Crippen molar-refractivity contribution in [2.24, 2.45) is 0 Å². The molecular formula is C34H32FN3O5S2. The van der Waals surface area contributed by atoms with Gasteiger partial charge >= 0.3 is 5.91 Å². The molecule has 4 aromatic rings. The Kier molecular flexibility index (Phi) is 9.18. The summed E-state index contributed by atoms with van der Waals surface area (Å²) in [4.78, 5) is 28.7. The number of amides is 1. The quantitative estimate of drug-likeness (QED) is 0.0447. The summed E-state index contributed by atoms with van der Waals surface area (Å²) in [6.45, 7) is 4.63. The molecule has 0 aliphatic carbocycles. The zero-order valence-corrected chi connectivity index (χ0v) is 26.5. The summed E-state index contributed by atoms with van der Waals surface area (Å²) in [6.07, 6.45) is 3.70. The fraction of sp³-hybridized carbons (Fsp3) is 0.294. The molecule has 45 heavy (non-hydrogen) atoms. The summed E-state index contributed by atoms with van der Waals surface area (Å²) >= 11 is 2.57. The minimum absolute atomic E-state index is 0.00979. The molecule has 0 bridgehead atoms. The lowest BCUT2D eigenvalue weighted by Gasteiger charge is -2.23. The van der Waals surface area contributed by atoms with Gasteiger partial charge in [-0.05, 0) is 72.5 Å². The Morgan fingerprint density at radius 1 is 1.11 bits per heavy atom. The smallest absolute Gasteiger partial charge is 0.301 e. The number of unbranched alkanes of at least 4 members (excludes halogenated alkanes) is 2. The number of carbonyl (C=O) groups excluding carboxylic acids is 2. The molecule has 1 fully saturated rings. The third-order valence-corrected chi connectivity index (χ3v) is 9.81. The first-order chi connectivity index (χ1) is 21.8. The molecule has 232 valence electrons. The number of hydrogen-bond acceptors (Lipinski definition) is 9. The molecule has 3 aromatic carbocycles. The molecule has 2 aliphatic heterocycles. The summed E-state index contributed by atoms with van der Waals surface area (Å²) in [6, 6.07) is 17.8. The molecule has 8 nitrogen and oxygen atoms in total. The molecule has 1 aromatic heterocycles. The van der Waals surface area contributed by atoms with Crippen LogP contribution in [-0.2, 0) is 21.8 Å². The van der Waals surface area contributed by atoms with E-state index in [-0.39, 0.29) is 28.4 Å². The number of aliphatic hydroxyl groups excluding tert-OH is 1. The normalized spacial score (nSPS) is 18.7. The molecule has 11 heteroatoms. The zero-order valence-electron chi connectivity index (χ0n) is 24.9. The Morgan fingerprint density at radius 3 is 2.73 bits per heavy atom. The molecule has 0 spiro atoms. The van der Waals surface area contributed by atoms with Crippen molar-refractivity contribution < 1.29 is 28.6 Å². The van der Waals surface area contributed by atoms with Crippen molar-refractivity contribution in [1.82, 2.24) is 10.2 Å². The van der Waals surface area contributed by atoms with E-state index in [0.29, 0.717) is 40.0 Å². The summed E-state index contributed by atoms with van der Waals surface area (Å²) in [5.74, 6) is -0.333. The number of ether oxygens (including phenoxy) is 2. The van der Waals surface area contributed by atoms with Gasteiger partial charge in [-0.2, -0.15) is 0 Å². The van der Waals surface area contributed by atoms with Gasteiger partial charge in [-0.15, -0.1) is 10.2 Å². The highest BCUT2D eigenvalue weighted by Crippen LogP contribution is 2.45. The number of carbonyl (C=O) groups is 2. The number of thioether (sulfide) groups is 1. The van der Waals surface area contributed by atoms with Crippen molar-refractivity contribution >= 4 is 45.7 Å². The van der Waals surface area contributed by atoms with Gasteiger partial charge < -0.3 is 14.6 Å². The van der Waals surface area contributed by atoms with Crippen LogP contribution < -0.4 is 14.4 Å². The minimum atomic E-state index is -0.962. The van der Waals surface area contributed by atoms with Gasteiger partial charge in [0.1, 0.15) is 29.2 Å². The molecule has 0 radical (unpaired) electrons. The fourth-order valence-corrected chi connectivity index (χ4v) is 7.29. The second-order valence-corrected chi connectivity index (χ2v) is 13.2. The van der Waals surface area contributed by atoms with E-state index in [9.17, 15) is 19.1 Å². The summed E-state index contributed by atoms with van der Waals surface area (Å²) in [5, 5.41) is 20.4. The number of fused-ring (bicyclic) bond motifs is 1. The maximum atomic E-state index is 13.7. The van der Waals surface area contributed by atoms with E-state index in [0.717, 1.165) is 36.1 Å². The van der Waals surface area contributed by atoms with Crippen LogP contribution in [0.5, 0.6) is 11.5 Å². The van der Waals surface area contributed by atoms with Gasteiger partial charge in [-0.25, -0.2) is 4.39 Å². The van der Waals surface area contributed by atoms with E-state index in [4.69, 9.17) is 9.47 Å². The number of anilines is 1. The van der Waals surface area contributed by atoms with E-state index >= 15 is 0 Å². The molecule has 1 amide bonds. The maximum Gasteiger partial charge on any atom is 0.301 e. The largest absolute Gasteiger partial charge is 0.507 e. The number of aliphatic hydroxyl groups is 1. The predicted octanol–water partition coefficient (Wildman–Crippen LogP) is 7.49. The Hall–Kier alpha value is -4.22. The van der Waals surface area contributed by atoms with Crippen molar-refractivity contribution in [3.63, 3.8) is 0 Å². The van der Waals surface area contributed by atoms with Crippen LogP contribution >= 0.6 is 23.1 Å². The molecule has 1 N–H and O–H groups in total. The number of benzene rings is 3. The van der Waals surface area contributed by atoms with Crippen LogP contribution in [0.2, 0.25) is 0 Å². The second kappa shape index (κ2) is 13.4. The van der Waals surface area contributed by atoms with Crippen LogP contribution in [-0.4, -0.2) is 39.7 Å². The predicted molar refractivity (Wildman–Crippen MR) is 172 cm³/mol. The van der Waals surface area contributed by atoms with Crippen molar-refractivity contribution in [2.75, 3.05) is 11.5 Å². The summed E-state index contributed by atoms with van der Waals surface area (Å²) < 4.78 is 25.7. The average molecular weight is 646 g/mol. The van der Waals surface area contributed by atoms with Gasteiger partial charge in [0.2, 0.25) is 5.13 Å². The fourth-order valence-electron chi connectivity index (χ4n) is 5.47. The van der Waals surface area contributed by atoms with Crippen molar-refractivity contribution in [3.8, 4) is 11.5 Å². The highest BCUT2D eigenvalue weighted by molar-refractivity contribution is 8.00. The van der Waals surface area contributed by atoms with Gasteiger partial charge in [-0.3, -0.25) is 14.5 Å². The van der Waals surface area contributed by atoms with E-state index in [2.05, 4.69) is 17.1 Å². The topological polar surface area (TPSA) is 102 Å². The number of Topliss-reactive ketones (excluding diaryl/α,β-unsaturated/α-hetero) is 1. The van der Waals surface area contributed by atoms with Crippen LogP contribution in [0.1, 0.15) is 61.4 Å². The first-order valence-corrected chi connectivity index (χ1v) is 16.7. The van der Waals surface area contributed by atoms with E-state index in [1.54, 1.807) is 42.5 Å². The third-order valence-electron chi connectivity index (χ3n) is 7.68. The lowest BCUT2D eigenvalue weighted by atomic mass is 9.94. The Labute approximate surface area is 268 Å². The summed E-state index contributed by atoms with van der Waals surface area (Å²) in [7, 11) is 0. The number of ketones is 1. The van der Waals surface area contributed by atoms with Crippen LogP contribution in [0, 0.1) is 5.82 Å².